The van der Waals surface area contributed by atoms with Gasteiger partial charge in [-0.1, -0.05) is 24.6 Å². The standard InChI is InChI=1S/C16H21N3OS/c1-4-13(16-17-7-8-18-16)19-15(20)10-21-14-6-5-11(2)9-12(14)3/h5-9,13H,4,10H2,1-3H3,(H,17,18)(H,19,20). The van der Waals surface area contributed by atoms with Crippen LogP contribution in [-0.4, -0.2) is 21.6 Å². The summed E-state index contributed by atoms with van der Waals surface area (Å²) >= 11 is 1.57. The minimum Gasteiger partial charge on any atom is -0.347 e. The summed E-state index contributed by atoms with van der Waals surface area (Å²) in [4.78, 5) is 20.5. The van der Waals surface area contributed by atoms with E-state index in [1.54, 1.807) is 24.2 Å². The third-order valence-electron chi connectivity index (χ3n) is 3.28. The van der Waals surface area contributed by atoms with E-state index in [1.165, 1.54) is 11.1 Å². The predicted octanol–water partition coefficient (Wildman–Crippen LogP) is 3.39. The maximum absolute atomic E-state index is 12.1. The highest BCUT2D eigenvalue weighted by Gasteiger charge is 2.15. The molecule has 0 aliphatic rings. The second-order valence-electron chi connectivity index (χ2n) is 5.06. The number of aromatic nitrogens is 2. The lowest BCUT2D eigenvalue weighted by Gasteiger charge is -2.14. The number of aryl methyl sites for hydroxylation is 2. The monoisotopic (exact) mass is 303 g/mol. The fourth-order valence-electron chi connectivity index (χ4n) is 2.17. The van der Waals surface area contributed by atoms with Crippen LogP contribution in [0.4, 0.5) is 0 Å². The van der Waals surface area contributed by atoms with Crippen molar-refractivity contribution < 1.29 is 4.79 Å². The summed E-state index contributed by atoms with van der Waals surface area (Å²) in [5, 5.41) is 3.02. The Morgan fingerprint density at radius 2 is 2.24 bits per heavy atom. The first-order valence-corrected chi connectivity index (χ1v) is 8.07. The number of thioether (sulfide) groups is 1. The Kier molecular flexibility index (Phi) is 5.44. The van der Waals surface area contributed by atoms with Crippen LogP contribution < -0.4 is 5.32 Å². The lowest BCUT2D eigenvalue weighted by Crippen LogP contribution is -2.30. The number of benzene rings is 1. The number of carbonyl (C=O) groups excluding carboxylic acids is 1. The highest BCUT2D eigenvalue weighted by molar-refractivity contribution is 8.00. The SMILES string of the molecule is CCC(NC(=O)CSc1ccc(C)cc1C)c1ncc[nH]1. The van der Waals surface area contributed by atoms with Crippen LogP contribution in [0.5, 0.6) is 0 Å². The molecule has 0 saturated carbocycles. The van der Waals surface area contributed by atoms with Gasteiger partial charge in [0.1, 0.15) is 5.82 Å². The normalized spacial score (nSPS) is 12.1. The van der Waals surface area contributed by atoms with E-state index in [4.69, 9.17) is 0 Å². The van der Waals surface area contributed by atoms with Crippen molar-refractivity contribution in [3.8, 4) is 0 Å². The number of nitrogens with zero attached hydrogens (tertiary/aromatic N) is 1. The van der Waals surface area contributed by atoms with E-state index in [9.17, 15) is 4.79 Å². The van der Waals surface area contributed by atoms with Crippen LogP contribution in [0, 0.1) is 13.8 Å². The number of hydrogen-bond acceptors (Lipinski definition) is 3. The van der Waals surface area contributed by atoms with Gasteiger partial charge in [-0.3, -0.25) is 4.79 Å². The first kappa shape index (κ1) is 15.6. The molecule has 0 saturated heterocycles. The Morgan fingerprint density at radius 1 is 1.43 bits per heavy atom. The van der Waals surface area contributed by atoms with Gasteiger partial charge in [0.2, 0.25) is 5.91 Å². The second-order valence-corrected chi connectivity index (χ2v) is 6.08. The van der Waals surface area contributed by atoms with Gasteiger partial charge in [0.05, 0.1) is 11.8 Å². The predicted molar refractivity (Wildman–Crippen MR) is 86.4 cm³/mol. The zero-order valence-corrected chi connectivity index (χ0v) is 13.5. The van der Waals surface area contributed by atoms with Crippen molar-refractivity contribution in [1.29, 1.82) is 0 Å². The quantitative estimate of drug-likeness (QED) is 0.804. The Balaban J connectivity index is 1.89. The molecule has 1 aromatic heterocycles. The summed E-state index contributed by atoms with van der Waals surface area (Å²) < 4.78 is 0. The number of carbonyl (C=O) groups is 1. The molecule has 2 N–H and O–H groups in total. The van der Waals surface area contributed by atoms with E-state index in [1.807, 2.05) is 6.92 Å². The molecule has 2 aromatic rings. The lowest BCUT2D eigenvalue weighted by molar-refractivity contribution is -0.119. The Labute approximate surface area is 129 Å². The van der Waals surface area contributed by atoms with Crippen LogP contribution in [-0.2, 0) is 4.79 Å². The van der Waals surface area contributed by atoms with Gasteiger partial charge < -0.3 is 10.3 Å². The molecule has 4 nitrogen and oxygen atoms in total. The molecule has 0 radical (unpaired) electrons. The zero-order valence-electron chi connectivity index (χ0n) is 12.6. The minimum atomic E-state index is -0.0489. The zero-order chi connectivity index (χ0) is 15.2. The molecule has 1 atom stereocenters. The van der Waals surface area contributed by atoms with Crippen molar-refractivity contribution >= 4 is 17.7 Å². The van der Waals surface area contributed by atoms with Crippen LogP contribution >= 0.6 is 11.8 Å². The van der Waals surface area contributed by atoms with Crippen molar-refractivity contribution in [2.75, 3.05) is 5.75 Å². The first-order chi connectivity index (χ1) is 10.1. The summed E-state index contributed by atoms with van der Waals surface area (Å²) in [6.45, 7) is 6.18. The average Bonchev–Trinajstić information content (AvgIpc) is 2.98. The van der Waals surface area contributed by atoms with Crippen LogP contribution in [0.3, 0.4) is 0 Å². The van der Waals surface area contributed by atoms with Crippen LogP contribution in [0.15, 0.2) is 35.5 Å². The summed E-state index contributed by atoms with van der Waals surface area (Å²) in [5.41, 5.74) is 2.45. The van der Waals surface area contributed by atoms with E-state index < -0.39 is 0 Å². The summed E-state index contributed by atoms with van der Waals surface area (Å²) in [5.74, 6) is 1.26. The number of aromatic amines is 1. The molecule has 1 heterocycles. The summed E-state index contributed by atoms with van der Waals surface area (Å²) in [7, 11) is 0. The van der Waals surface area contributed by atoms with Gasteiger partial charge in [-0.25, -0.2) is 4.98 Å². The van der Waals surface area contributed by atoms with E-state index in [-0.39, 0.29) is 11.9 Å². The van der Waals surface area contributed by atoms with E-state index in [0.717, 1.165) is 17.1 Å². The fraction of sp³-hybridized carbons (Fsp3) is 0.375. The molecule has 21 heavy (non-hydrogen) atoms. The molecule has 0 aliphatic heterocycles. The number of H-pyrrole nitrogens is 1. The van der Waals surface area contributed by atoms with Gasteiger partial charge in [0, 0.05) is 17.3 Å². The molecule has 2 rings (SSSR count). The Morgan fingerprint density at radius 3 is 2.86 bits per heavy atom. The van der Waals surface area contributed by atoms with E-state index >= 15 is 0 Å². The molecule has 112 valence electrons. The van der Waals surface area contributed by atoms with E-state index in [2.05, 4.69) is 47.3 Å². The number of nitrogens with one attached hydrogen (secondary N) is 2. The lowest BCUT2D eigenvalue weighted by atomic mass is 10.2. The first-order valence-electron chi connectivity index (χ1n) is 7.09. The maximum atomic E-state index is 12.1. The molecule has 1 unspecified atom stereocenters. The Hall–Kier alpha value is -1.75. The molecule has 0 spiro atoms. The minimum absolute atomic E-state index is 0.0308. The highest BCUT2D eigenvalue weighted by Crippen LogP contribution is 2.23. The van der Waals surface area contributed by atoms with Crippen LogP contribution in [0.1, 0.15) is 36.3 Å². The van der Waals surface area contributed by atoms with Gasteiger partial charge in [-0.2, -0.15) is 0 Å². The largest absolute Gasteiger partial charge is 0.347 e. The van der Waals surface area contributed by atoms with E-state index in [0.29, 0.717) is 5.75 Å². The second kappa shape index (κ2) is 7.31. The van der Waals surface area contributed by atoms with Crippen LogP contribution in [0.2, 0.25) is 0 Å². The highest BCUT2D eigenvalue weighted by atomic mass is 32.2. The molecule has 0 bridgehead atoms. The third-order valence-corrected chi connectivity index (χ3v) is 4.46. The Bertz CT molecular complexity index is 596. The van der Waals surface area contributed by atoms with Gasteiger partial charge in [0.25, 0.3) is 0 Å². The summed E-state index contributed by atoms with van der Waals surface area (Å²) in [6, 6.07) is 6.24. The van der Waals surface area contributed by atoms with Crippen molar-refractivity contribution in [3.05, 3.63) is 47.5 Å². The maximum Gasteiger partial charge on any atom is 0.230 e. The number of imidazole rings is 1. The fourth-order valence-corrected chi connectivity index (χ4v) is 2.99. The molecule has 1 aromatic carbocycles. The molecule has 0 fully saturated rings. The molecule has 0 aliphatic carbocycles. The number of rotatable bonds is 6. The van der Waals surface area contributed by atoms with Crippen molar-refractivity contribution in [2.24, 2.45) is 0 Å². The smallest absolute Gasteiger partial charge is 0.230 e. The molecular formula is C16H21N3OS. The molecular weight excluding hydrogens is 282 g/mol. The number of hydrogen-bond donors (Lipinski definition) is 2. The number of amides is 1. The van der Waals surface area contributed by atoms with Gasteiger partial charge in [-0.15, -0.1) is 11.8 Å². The van der Waals surface area contributed by atoms with Crippen molar-refractivity contribution in [1.82, 2.24) is 15.3 Å². The van der Waals surface area contributed by atoms with Crippen LogP contribution in [0.25, 0.3) is 0 Å². The van der Waals surface area contributed by atoms with Crippen molar-refractivity contribution in [2.45, 2.75) is 38.1 Å². The van der Waals surface area contributed by atoms with Gasteiger partial charge in [0.15, 0.2) is 0 Å². The average molecular weight is 303 g/mol. The third kappa shape index (κ3) is 4.36. The topological polar surface area (TPSA) is 57.8 Å². The van der Waals surface area contributed by atoms with Gasteiger partial charge in [-0.05, 0) is 31.9 Å². The molecule has 1 amide bonds. The van der Waals surface area contributed by atoms with Gasteiger partial charge >= 0.3 is 0 Å². The van der Waals surface area contributed by atoms with Crippen molar-refractivity contribution in [3.63, 3.8) is 0 Å². The molecule has 5 heteroatoms. The summed E-state index contributed by atoms with van der Waals surface area (Å²) in [6.07, 6.45) is 4.29.